The zero-order chi connectivity index (χ0) is 55.0. The Balaban J connectivity index is 5.23. The maximum absolute atomic E-state index is 13.5. The molecule has 1 N–H and O–H groups in total. The molecule has 9 nitrogen and oxygen atoms in total. The lowest BCUT2D eigenvalue weighted by molar-refractivity contribution is -0.870. The Bertz CT molecular complexity index is 1420. The smallest absolute Gasteiger partial charge is 0.306 e. The van der Waals surface area contributed by atoms with Crippen molar-refractivity contribution in [2.45, 2.75) is 315 Å². The number of nitrogens with zero attached hydrogens (tertiary/aromatic N) is 1. The van der Waals surface area contributed by atoms with E-state index >= 15 is 0 Å². The molecule has 0 fully saturated rings. The van der Waals surface area contributed by atoms with Gasteiger partial charge in [0.2, 0.25) is 5.91 Å². The Kier molecular flexibility index (Phi) is 53.8. The van der Waals surface area contributed by atoms with Crippen molar-refractivity contribution in [3.8, 4) is 0 Å². The number of unbranched alkanes of at least 4 members (excludes halogenated alkanes) is 37. The van der Waals surface area contributed by atoms with Crippen LogP contribution in [0.3, 0.4) is 0 Å². The standard InChI is InChI=1S/C65H123N2O7P/c1-7-10-13-16-19-22-25-28-30-31-32-33-34-35-37-39-42-45-48-51-54-57-64(68)66-62(61-73-75(70,71)72-60-59-67(4,5)6)63(56-53-50-47-44-41-38-27-24-21-18-15-12-9-3)74-65(69)58-55-52-49-46-43-40-36-29-26-23-20-17-14-11-8-2/h20,23,26,28-30,53,56,62-63H,7-19,21-22,24-25,27,31-52,54-55,57-61H2,1-6H3,(H-,66,68,70,71)/b23-20+,29-26+,30-28+,56-53-. The minimum atomic E-state index is -4.70. The molecule has 0 aromatic heterocycles. The van der Waals surface area contributed by atoms with E-state index in [2.05, 4.69) is 62.5 Å². The summed E-state index contributed by atoms with van der Waals surface area (Å²) in [5, 5.41) is 3.03. The van der Waals surface area contributed by atoms with Crippen LogP contribution in [0, 0.1) is 0 Å². The van der Waals surface area contributed by atoms with E-state index in [9.17, 15) is 19.0 Å². The summed E-state index contributed by atoms with van der Waals surface area (Å²) in [6.07, 6.45) is 67.9. The summed E-state index contributed by atoms with van der Waals surface area (Å²) in [5.74, 6) is -0.546. The molecule has 0 heterocycles. The number of allylic oxidation sites excluding steroid dienone is 7. The van der Waals surface area contributed by atoms with Crippen molar-refractivity contribution in [1.82, 2.24) is 5.32 Å². The summed E-state index contributed by atoms with van der Waals surface area (Å²) >= 11 is 0. The van der Waals surface area contributed by atoms with Gasteiger partial charge in [0.25, 0.3) is 7.82 Å². The predicted octanol–water partition coefficient (Wildman–Crippen LogP) is 19.0. The van der Waals surface area contributed by atoms with E-state index in [1.54, 1.807) is 0 Å². The number of hydrogen-bond donors (Lipinski definition) is 1. The number of phosphoric acid groups is 1. The molecule has 0 aliphatic rings. The SMILES string of the molecule is CCCCC/C=C/C=C/CCCCCCCCC(=O)OC(/C=C\CCCCCCCCCCCCC)C(COP(=O)([O-])OCC[N+](C)(C)C)NC(=O)CCCCCCCCCCCCC/C=C/CCCCCCCC. The van der Waals surface area contributed by atoms with Crippen LogP contribution in [0.4, 0.5) is 0 Å². The molecule has 0 rings (SSSR count). The third kappa shape index (κ3) is 56.5. The van der Waals surface area contributed by atoms with Gasteiger partial charge in [0.05, 0.1) is 33.8 Å². The second-order valence-electron chi connectivity index (χ2n) is 22.9. The van der Waals surface area contributed by atoms with Crippen LogP contribution in [-0.2, 0) is 27.9 Å². The summed E-state index contributed by atoms with van der Waals surface area (Å²) in [6.45, 7) is 6.83. The molecule has 0 aliphatic heterocycles. The van der Waals surface area contributed by atoms with Crippen LogP contribution in [0.15, 0.2) is 48.6 Å². The first-order valence-electron chi connectivity index (χ1n) is 32.0. The van der Waals surface area contributed by atoms with Crippen molar-refractivity contribution in [1.29, 1.82) is 0 Å². The number of amides is 1. The van der Waals surface area contributed by atoms with Crippen LogP contribution in [0.1, 0.15) is 303 Å². The lowest BCUT2D eigenvalue weighted by atomic mass is 10.0. The van der Waals surface area contributed by atoms with Crippen LogP contribution in [0.2, 0.25) is 0 Å². The molecule has 0 saturated heterocycles. The van der Waals surface area contributed by atoms with Gasteiger partial charge in [-0.15, -0.1) is 0 Å². The van der Waals surface area contributed by atoms with Crippen molar-refractivity contribution in [2.24, 2.45) is 0 Å². The zero-order valence-corrected chi connectivity index (χ0v) is 51.2. The van der Waals surface area contributed by atoms with Gasteiger partial charge in [0.1, 0.15) is 19.3 Å². The van der Waals surface area contributed by atoms with Crippen LogP contribution in [0.25, 0.3) is 0 Å². The molecule has 0 bridgehead atoms. The summed E-state index contributed by atoms with van der Waals surface area (Å²) in [5.41, 5.74) is 0. The number of quaternary nitrogens is 1. The topological polar surface area (TPSA) is 114 Å². The second kappa shape index (κ2) is 55.3. The Hall–Kier alpha value is -2.03. The van der Waals surface area contributed by atoms with E-state index in [0.29, 0.717) is 17.4 Å². The monoisotopic (exact) mass is 1070 g/mol. The predicted molar refractivity (Wildman–Crippen MR) is 321 cm³/mol. The number of nitrogens with one attached hydrogen (secondary N) is 1. The van der Waals surface area contributed by atoms with Gasteiger partial charge in [0.15, 0.2) is 0 Å². The van der Waals surface area contributed by atoms with Gasteiger partial charge in [-0.2, -0.15) is 0 Å². The Morgan fingerprint density at radius 1 is 0.467 bits per heavy atom. The normalized spacial score (nSPS) is 14.0. The molecule has 0 spiro atoms. The molecule has 10 heteroatoms. The van der Waals surface area contributed by atoms with E-state index < -0.39 is 26.6 Å². The summed E-state index contributed by atoms with van der Waals surface area (Å²) < 4.78 is 30.3. The highest BCUT2D eigenvalue weighted by Crippen LogP contribution is 2.38. The second-order valence-corrected chi connectivity index (χ2v) is 24.3. The van der Waals surface area contributed by atoms with Crippen LogP contribution >= 0.6 is 7.82 Å². The molecule has 0 radical (unpaired) electrons. The molecule has 0 aliphatic carbocycles. The maximum Gasteiger partial charge on any atom is 0.306 e. The minimum absolute atomic E-state index is 0.0238. The molecule has 440 valence electrons. The molecule has 1 amide bonds. The van der Waals surface area contributed by atoms with Gasteiger partial charge in [-0.25, -0.2) is 0 Å². The largest absolute Gasteiger partial charge is 0.756 e. The van der Waals surface area contributed by atoms with Crippen molar-refractivity contribution in [3.05, 3.63) is 48.6 Å². The van der Waals surface area contributed by atoms with Crippen LogP contribution in [-0.4, -0.2) is 69.4 Å². The number of rotatable bonds is 58. The fraction of sp³-hybridized carbons (Fsp3) is 0.846. The lowest BCUT2D eigenvalue weighted by Gasteiger charge is -2.30. The average Bonchev–Trinajstić information content (AvgIpc) is 3.37. The van der Waals surface area contributed by atoms with E-state index in [1.807, 2.05) is 33.3 Å². The molecule has 0 saturated carbocycles. The maximum atomic E-state index is 13.5. The third-order valence-corrected chi connectivity index (χ3v) is 15.2. The Morgan fingerprint density at radius 2 is 0.813 bits per heavy atom. The number of carbonyl (C=O) groups excluding carboxylic acids is 2. The highest BCUT2D eigenvalue weighted by Gasteiger charge is 2.27. The van der Waals surface area contributed by atoms with Crippen LogP contribution in [0.5, 0.6) is 0 Å². The number of carbonyl (C=O) groups is 2. The van der Waals surface area contributed by atoms with Gasteiger partial charge >= 0.3 is 5.97 Å². The first-order chi connectivity index (χ1) is 36.4. The number of esters is 1. The fourth-order valence-corrected chi connectivity index (χ4v) is 10.00. The number of phosphoric ester groups is 1. The van der Waals surface area contributed by atoms with Crippen molar-refractivity contribution < 1.29 is 37.3 Å². The van der Waals surface area contributed by atoms with Crippen molar-refractivity contribution in [2.75, 3.05) is 40.9 Å². The first kappa shape index (κ1) is 73.0. The van der Waals surface area contributed by atoms with Crippen LogP contribution < -0.4 is 10.2 Å². The number of hydrogen-bond acceptors (Lipinski definition) is 7. The van der Waals surface area contributed by atoms with Crippen molar-refractivity contribution >= 4 is 19.7 Å². The highest BCUT2D eigenvalue weighted by molar-refractivity contribution is 7.45. The quantitative estimate of drug-likeness (QED) is 0.0161. The fourth-order valence-electron chi connectivity index (χ4n) is 9.27. The van der Waals surface area contributed by atoms with E-state index in [1.165, 1.54) is 193 Å². The third-order valence-electron chi connectivity index (χ3n) is 14.3. The van der Waals surface area contributed by atoms with Crippen molar-refractivity contribution in [3.63, 3.8) is 0 Å². The van der Waals surface area contributed by atoms with E-state index in [0.717, 1.165) is 77.0 Å². The molecule has 0 aromatic carbocycles. The Morgan fingerprint density at radius 3 is 1.24 bits per heavy atom. The van der Waals surface area contributed by atoms with Gasteiger partial charge in [-0.05, 0) is 83.1 Å². The van der Waals surface area contributed by atoms with Gasteiger partial charge in [-0.1, -0.05) is 256 Å². The molecular weight excluding hydrogens is 952 g/mol. The zero-order valence-electron chi connectivity index (χ0n) is 50.3. The Labute approximate surface area is 465 Å². The molecule has 0 aromatic rings. The van der Waals surface area contributed by atoms with E-state index in [4.69, 9.17) is 13.8 Å². The average molecular weight is 1080 g/mol. The molecule has 75 heavy (non-hydrogen) atoms. The molecule has 3 atom stereocenters. The number of ether oxygens (including phenoxy) is 1. The van der Waals surface area contributed by atoms with E-state index in [-0.39, 0.29) is 24.9 Å². The number of likely N-dealkylation sites (N-methyl/N-ethyl adjacent to an activating group) is 1. The highest BCUT2D eigenvalue weighted by atomic mass is 31.2. The summed E-state index contributed by atoms with van der Waals surface area (Å²) in [7, 11) is 1.18. The molecular formula is C65H123N2O7P. The van der Waals surface area contributed by atoms with Gasteiger partial charge < -0.3 is 28.5 Å². The molecule has 3 unspecified atom stereocenters. The van der Waals surface area contributed by atoms with Gasteiger partial charge in [-0.3, -0.25) is 14.2 Å². The summed E-state index contributed by atoms with van der Waals surface area (Å²) in [6, 6.07) is -0.892. The summed E-state index contributed by atoms with van der Waals surface area (Å²) in [4.78, 5) is 40.0. The minimum Gasteiger partial charge on any atom is -0.756 e. The lowest BCUT2D eigenvalue weighted by Crippen LogP contribution is -2.47. The van der Waals surface area contributed by atoms with Gasteiger partial charge in [0, 0.05) is 12.8 Å². The first-order valence-corrected chi connectivity index (χ1v) is 33.4.